The Morgan fingerprint density at radius 3 is 2.73 bits per heavy atom. The van der Waals surface area contributed by atoms with Gasteiger partial charge in [0.15, 0.2) is 0 Å². The molecule has 0 bridgehead atoms. The lowest BCUT2D eigenvalue weighted by atomic mass is 9.98. The Bertz CT molecular complexity index is 755. The predicted octanol–water partition coefficient (Wildman–Crippen LogP) is 2.19. The number of phenolic OH excluding ortho intramolecular Hbond substituents is 1. The van der Waals surface area contributed by atoms with Gasteiger partial charge < -0.3 is 15.3 Å². The minimum atomic E-state index is 0.0729. The third kappa shape index (κ3) is 2.25. The Balaban J connectivity index is 1.59. The molecular weight excluding hydrogens is 276 g/mol. The van der Waals surface area contributed by atoms with Crippen LogP contribution in [-0.4, -0.2) is 22.5 Å². The third-order valence-corrected chi connectivity index (χ3v) is 4.57. The molecule has 0 aromatic heterocycles. The fraction of sp³-hybridized carbons (Fsp3) is 0.278. The molecule has 1 amide bonds. The summed E-state index contributed by atoms with van der Waals surface area (Å²) in [5, 5.41) is 12.9. The van der Waals surface area contributed by atoms with E-state index in [-0.39, 0.29) is 11.7 Å². The molecule has 2 N–H and O–H groups in total. The number of aromatic hydroxyl groups is 1. The number of nitrogens with zero attached hydrogens (tertiary/aromatic N) is 1. The molecule has 112 valence electrons. The fourth-order valence-electron chi connectivity index (χ4n) is 3.33. The van der Waals surface area contributed by atoms with E-state index in [1.165, 1.54) is 16.7 Å². The molecule has 0 atom stereocenters. The van der Waals surface area contributed by atoms with Crippen LogP contribution in [0.25, 0.3) is 0 Å². The Kier molecular flexibility index (Phi) is 3.12. The Morgan fingerprint density at radius 1 is 1.00 bits per heavy atom. The summed E-state index contributed by atoms with van der Waals surface area (Å²) < 4.78 is 0. The van der Waals surface area contributed by atoms with Gasteiger partial charge in [-0.15, -0.1) is 0 Å². The minimum Gasteiger partial charge on any atom is -0.508 e. The number of hydrogen-bond acceptors (Lipinski definition) is 3. The fourth-order valence-corrected chi connectivity index (χ4v) is 3.33. The van der Waals surface area contributed by atoms with Crippen molar-refractivity contribution in [2.45, 2.75) is 26.1 Å². The standard InChI is InChI=1S/C18H18N2O2/c21-17-4-3-12-5-6-20(11-16(12)8-17)18(22)13-1-2-14-9-19-10-15(14)7-13/h1-4,7-8,19,21H,5-6,9-11H2. The van der Waals surface area contributed by atoms with Crippen LogP contribution in [0.2, 0.25) is 0 Å². The first kappa shape index (κ1) is 13.3. The maximum absolute atomic E-state index is 12.7. The topological polar surface area (TPSA) is 52.6 Å². The van der Waals surface area contributed by atoms with Crippen LogP contribution >= 0.6 is 0 Å². The summed E-state index contributed by atoms with van der Waals surface area (Å²) in [5.41, 5.74) is 5.53. The largest absolute Gasteiger partial charge is 0.508 e. The van der Waals surface area contributed by atoms with Crippen LogP contribution in [-0.2, 0) is 26.1 Å². The quantitative estimate of drug-likeness (QED) is 0.848. The maximum Gasteiger partial charge on any atom is 0.254 e. The number of benzene rings is 2. The van der Waals surface area contributed by atoms with Crippen LogP contribution in [0.5, 0.6) is 5.75 Å². The molecule has 2 heterocycles. The second-order valence-corrected chi connectivity index (χ2v) is 6.02. The number of rotatable bonds is 1. The smallest absolute Gasteiger partial charge is 0.254 e. The van der Waals surface area contributed by atoms with Gasteiger partial charge >= 0.3 is 0 Å². The van der Waals surface area contributed by atoms with Crippen molar-refractivity contribution in [1.29, 1.82) is 0 Å². The predicted molar refractivity (Wildman–Crippen MR) is 83.5 cm³/mol. The molecule has 0 unspecified atom stereocenters. The van der Waals surface area contributed by atoms with Gasteiger partial charge in [0.25, 0.3) is 5.91 Å². The maximum atomic E-state index is 12.7. The van der Waals surface area contributed by atoms with Crippen molar-refractivity contribution < 1.29 is 9.90 Å². The number of carbonyl (C=O) groups excluding carboxylic acids is 1. The molecule has 4 nitrogen and oxygen atoms in total. The van der Waals surface area contributed by atoms with Crippen molar-refractivity contribution >= 4 is 5.91 Å². The molecular formula is C18H18N2O2. The lowest BCUT2D eigenvalue weighted by Gasteiger charge is -2.29. The lowest BCUT2D eigenvalue weighted by Crippen LogP contribution is -2.36. The van der Waals surface area contributed by atoms with Crippen LogP contribution in [0.15, 0.2) is 36.4 Å². The average molecular weight is 294 g/mol. The Morgan fingerprint density at radius 2 is 1.82 bits per heavy atom. The van der Waals surface area contributed by atoms with Crippen molar-refractivity contribution in [3.8, 4) is 5.75 Å². The second kappa shape index (κ2) is 5.14. The first-order chi connectivity index (χ1) is 10.7. The van der Waals surface area contributed by atoms with Gasteiger partial charge in [-0.3, -0.25) is 4.79 Å². The number of carbonyl (C=O) groups is 1. The summed E-state index contributed by atoms with van der Waals surface area (Å²) in [6.07, 6.45) is 0.841. The monoisotopic (exact) mass is 294 g/mol. The molecule has 0 aliphatic carbocycles. The second-order valence-electron chi connectivity index (χ2n) is 6.02. The zero-order valence-electron chi connectivity index (χ0n) is 12.3. The van der Waals surface area contributed by atoms with Crippen LogP contribution in [0.3, 0.4) is 0 Å². The van der Waals surface area contributed by atoms with Gasteiger partial charge in [0.1, 0.15) is 5.75 Å². The molecule has 4 heteroatoms. The van der Waals surface area contributed by atoms with Crippen molar-refractivity contribution in [2.75, 3.05) is 6.54 Å². The molecule has 0 saturated heterocycles. The van der Waals surface area contributed by atoms with E-state index in [0.29, 0.717) is 6.54 Å². The van der Waals surface area contributed by atoms with Gasteiger partial charge in [0.2, 0.25) is 0 Å². The molecule has 0 saturated carbocycles. The highest BCUT2D eigenvalue weighted by molar-refractivity contribution is 5.94. The molecule has 22 heavy (non-hydrogen) atoms. The zero-order chi connectivity index (χ0) is 15.1. The van der Waals surface area contributed by atoms with Gasteiger partial charge in [-0.2, -0.15) is 0 Å². The highest BCUT2D eigenvalue weighted by Crippen LogP contribution is 2.25. The summed E-state index contributed by atoms with van der Waals surface area (Å²) in [6.45, 7) is 3.02. The summed E-state index contributed by atoms with van der Waals surface area (Å²) >= 11 is 0. The first-order valence-electron chi connectivity index (χ1n) is 7.63. The van der Waals surface area contributed by atoms with Gasteiger partial charge in [0, 0.05) is 31.7 Å². The van der Waals surface area contributed by atoms with E-state index in [4.69, 9.17) is 0 Å². The normalized spacial score (nSPS) is 16.3. The third-order valence-electron chi connectivity index (χ3n) is 4.57. The van der Waals surface area contributed by atoms with E-state index < -0.39 is 0 Å². The highest BCUT2D eigenvalue weighted by atomic mass is 16.3. The number of hydrogen-bond donors (Lipinski definition) is 2. The van der Waals surface area contributed by atoms with Crippen LogP contribution in [0.1, 0.15) is 32.6 Å². The molecule has 0 radical (unpaired) electrons. The Hall–Kier alpha value is -2.33. The lowest BCUT2D eigenvalue weighted by molar-refractivity contribution is 0.0734. The molecule has 2 aliphatic heterocycles. The van der Waals surface area contributed by atoms with Crippen molar-refractivity contribution in [3.63, 3.8) is 0 Å². The summed E-state index contributed by atoms with van der Waals surface area (Å²) in [7, 11) is 0. The number of fused-ring (bicyclic) bond motifs is 2. The SMILES string of the molecule is O=C(c1ccc2c(c1)CNC2)N1CCc2ccc(O)cc2C1. The summed E-state index contributed by atoms with van der Waals surface area (Å²) in [6, 6.07) is 11.4. The average Bonchev–Trinajstić information content (AvgIpc) is 3.01. The van der Waals surface area contributed by atoms with Crippen LogP contribution < -0.4 is 5.32 Å². The zero-order valence-corrected chi connectivity index (χ0v) is 12.3. The molecule has 4 rings (SSSR count). The van der Waals surface area contributed by atoms with Gasteiger partial charge in [0.05, 0.1) is 0 Å². The van der Waals surface area contributed by atoms with Crippen molar-refractivity contribution in [2.24, 2.45) is 0 Å². The minimum absolute atomic E-state index is 0.0729. The van der Waals surface area contributed by atoms with E-state index in [2.05, 4.69) is 5.32 Å². The van der Waals surface area contributed by atoms with Crippen molar-refractivity contribution in [1.82, 2.24) is 10.2 Å². The molecule has 0 fully saturated rings. The molecule has 2 aliphatic rings. The van der Waals surface area contributed by atoms with Crippen molar-refractivity contribution in [3.05, 3.63) is 64.2 Å². The van der Waals surface area contributed by atoms with Gasteiger partial charge in [-0.25, -0.2) is 0 Å². The van der Waals surface area contributed by atoms with Gasteiger partial charge in [-0.05, 0) is 52.9 Å². The van der Waals surface area contributed by atoms with Crippen LogP contribution in [0.4, 0.5) is 0 Å². The molecule has 2 aromatic rings. The van der Waals surface area contributed by atoms with E-state index in [0.717, 1.165) is 37.2 Å². The van der Waals surface area contributed by atoms with Gasteiger partial charge in [-0.1, -0.05) is 12.1 Å². The van der Waals surface area contributed by atoms with E-state index in [9.17, 15) is 9.90 Å². The number of amides is 1. The highest BCUT2D eigenvalue weighted by Gasteiger charge is 2.23. The van der Waals surface area contributed by atoms with E-state index in [1.807, 2.05) is 29.2 Å². The molecule has 0 spiro atoms. The Labute approximate surface area is 129 Å². The number of phenols is 1. The molecule has 2 aromatic carbocycles. The number of nitrogens with one attached hydrogen (secondary N) is 1. The summed E-state index contributed by atoms with van der Waals surface area (Å²) in [4.78, 5) is 14.6. The van der Waals surface area contributed by atoms with E-state index >= 15 is 0 Å². The van der Waals surface area contributed by atoms with E-state index in [1.54, 1.807) is 12.1 Å². The first-order valence-corrected chi connectivity index (χ1v) is 7.63. The van der Waals surface area contributed by atoms with Crippen LogP contribution in [0, 0.1) is 0 Å². The summed E-state index contributed by atoms with van der Waals surface area (Å²) in [5.74, 6) is 0.334.